The van der Waals surface area contributed by atoms with Crippen molar-refractivity contribution in [3.63, 3.8) is 0 Å². The van der Waals surface area contributed by atoms with E-state index < -0.39 is 0 Å². The molecule has 4 heteroatoms. The molecule has 0 saturated heterocycles. The Morgan fingerprint density at radius 3 is 1.89 bits per heavy atom. The first kappa shape index (κ1) is 29.3. The third-order valence-electron chi connectivity index (χ3n) is 6.02. The van der Waals surface area contributed by atoms with E-state index in [9.17, 15) is 0 Å². The summed E-state index contributed by atoms with van der Waals surface area (Å²) >= 11 is 0. The molecule has 0 N–H and O–H groups in total. The van der Waals surface area contributed by atoms with Gasteiger partial charge in [0.15, 0.2) is 0 Å². The molecule has 0 aliphatic rings. The van der Waals surface area contributed by atoms with E-state index in [2.05, 4.69) is 135 Å². The second kappa shape index (κ2) is 13.4. The van der Waals surface area contributed by atoms with Gasteiger partial charge in [0.05, 0.1) is 0 Å². The van der Waals surface area contributed by atoms with Crippen molar-refractivity contribution < 1.29 is 31.1 Å². The van der Waals surface area contributed by atoms with Crippen molar-refractivity contribution in [2.45, 2.75) is 13.8 Å². The van der Waals surface area contributed by atoms with Gasteiger partial charge in [-0.2, -0.15) is 6.07 Å². The van der Waals surface area contributed by atoms with Crippen LogP contribution in [0.1, 0.15) is 11.1 Å². The summed E-state index contributed by atoms with van der Waals surface area (Å²) in [6.07, 6.45) is 0. The first-order valence-corrected chi connectivity index (χ1v) is 12.4. The Kier molecular flexibility index (Phi) is 10.9. The minimum absolute atomic E-state index is 0. The number of benzene rings is 4. The molecule has 0 aromatic heterocycles. The van der Waals surface area contributed by atoms with Gasteiger partial charge in [-0.25, -0.2) is 0 Å². The molecule has 0 bridgehead atoms. The molecule has 6 rings (SSSR count). The van der Waals surface area contributed by atoms with Crippen molar-refractivity contribution in [3.05, 3.63) is 132 Å². The van der Waals surface area contributed by atoms with Crippen LogP contribution >= 0.6 is 8.58 Å². The van der Waals surface area contributed by atoms with Crippen LogP contribution in [0.3, 0.4) is 0 Å². The average molecular weight is 528 g/mol. The molecule has 0 aliphatic heterocycles. The van der Waals surface area contributed by atoms with Gasteiger partial charge >= 0.3 is 21.7 Å². The third-order valence-corrected chi connectivity index (χ3v) is 7.56. The predicted octanol–water partition coefficient (Wildman–Crippen LogP) is 2.04. The number of rotatable bonds is 3. The normalized spacial score (nSPS) is 10.3. The molecule has 0 fully saturated rings. The molecule has 6 aromatic carbocycles. The van der Waals surface area contributed by atoms with E-state index >= 15 is 0 Å². The van der Waals surface area contributed by atoms with Crippen molar-refractivity contribution in [1.29, 1.82) is 0 Å². The standard InChI is InChI=1S/C16H14P.C16H13.2FH.Ti/c1-12-11-13-7-5-6-10-15(13)16(12)17-14-8-3-2-4-9-14;1-12-10-14-8-5-9-15(16(14)11-12)13-6-3-2-4-7-13;;;/h2-11,17H,1H3;2-11H,1H3;2*1H;/q2*-1;;;+4/p-2. The molecule has 0 amide bonds. The number of fused-ring (bicyclic) bond motifs is 2. The van der Waals surface area contributed by atoms with Crippen molar-refractivity contribution in [2.75, 3.05) is 0 Å². The summed E-state index contributed by atoms with van der Waals surface area (Å²) in [5.74, 6) is 0. The zero-order chi connectivity index (χ0) is 22.6. The molecule has 0 spiro atoms. The Balaban J connectivity index is 0.000000234. The summed E-state index contributed by atoms with van der Waals surface area (Å²) in [6.45, 7) is 4.36. The Morgan fingerprint density at radius 1 is 0.583 bits per heavy atom. The van der Waals surface area contributed by atoms with Gasteiger partial charge in [0.1, 0.15) is 0 Å². The molecule has 0 radical (unpaired) electrons. The zero-order valence-corrected chi connectivity index (χ0v) is 22.9. The van der Waals surface area contributed by atoms with Gasteiger partial charge in [-0.1, -0.05) is 92.2 Å². The van der Waals surface area contributed by atoms with Crippen LogP contribution < -0.4 is 20.0 Å². The number of halogens is 2. The fourth-order valence-corrected chi connectivity index (χ4v) is 5.73. The van der Waals surface area contributed by atoms with Crippen molar-refractivity contribution in [2.24, 2.45) is 0 Å². The van der Waals surface area contributed by atoms with E-state index in [-0.39, 0.29) is 31.1 Å². The fourth-order valence-electron chi connectivity index (χ4n) is 4.45. The van der Waals surface area contributed by atoms with Crippen LogP contribution in [0.25, 0.3) is 32.7 Å². The largest absolute Gasteiger partial charge is 4.00 e. The van der Waals surface area contributed by atoms with Crippen molar-refractivity contribution in [1.82, 2.24) is 0 Å². The molecule has 6 aromatic rings. The summed E-state index contributed by atoms with van der Waals surface area (Å²) in [5.41, 5.74) is 5.36. The van der Waals surface area contributed by atoms with Crippen LogP contribution in [-0.2, 0) is 21.7 Å². The summed E-state index contributed by atoms with van der Waals surface area (Å²) in [4.78, 5) is 0. The predicted molar refractivity (Wildman–Crippen MR) is 148 cm³/mol. The molecule has 1 unspecified atom stereocenters. The topological polar surface area (TPSA) is 0 Å². The SMILES string of the molecule is Cc1[cH-]c2ccccc2c1Pc1ccccc1.Cc1cc2c(-c3ccccc3)cccc2[cH-]1.[F-].[F-].[Ti+4]. The second-order valence-electron chi connectivity index (χ2n) is 8.49. The first-order valence-electron chi connectivity index (χ1n) is 11.4. The maximum atomic E-state index is 2.29. The Bertz CT molecular complexity index is 1500. The molecule has 0 aliphatic carbocycles. The van der Waals surface area contributed by atoms with Crippen LogP contribution in [-0.4, -0.2) is 0 Å². The quantitative estimate of drug-likeness (QED) is 0.188. The Hall–Kier alpha value is -2.90. The molecule has 1 atom stereocenters. The van der Waals surface area contributed by atoms with Crippen LogP contribution in [0.2, 0.25) is 0 Å². The second-order valence-corrected chi connectivity index (χ2v) is 9.82. The minimum Gasteiger partial charge on any atom is -1.00 e. The molecular formula is C32H27F2PTi. The van der Waals surface area contributed by atoms with E-state index in [1.54, 1.807) is 0 Å². The van der Waals surface area contributed by atoms with Gasteiger partial charge in [0, 0.05) is 0 Å². The number of hydrogen-bond donors (Lipinski definition) is 0. The molecule has 36 heavy (non-hydrogen) atoms. The first-order chi connectivity index (χ1) is 16.2. The van der Waals surface area contributed by atoms with Gasteiger partial charge in [-0.15, -0.1) is 89.0 Å². The maximum Gasteiger partial charge on any atom is 4.00 e. The van der Waals surface area contributed by atoms with Gasteiger partial charge < -0.3 is 9.41 Å². The van der Waals surface area contributed by atoms with Crippen LogP contribution in [0.15, 0.2) is 121 Å². The van der Waals surface area contributed by atoms with E-state index in [4.69, 9.17) is 0 Å². The molecule has 0 nitrogen and oxygen atoms in total. The van der Waals surface area contributed by atoms with Crippen molar-refractivity contribution in [3.8, 4) is 11.1 Å². The average Bonchev–Trinajstić information content (AvgIpc) is 3.39. The van der Waals surface area contributed by atoms with E-state index in [1.807, 2.05) is 0 Å². The number of aryl methyl sites for hydroxylation is 2. The Labute approximate surface area is 228 Å². The van der Waals surface area contributed by atoms with E-state index in [0.29, 0.717) is 0 Å². The summed E-state index contributed by atoms with van der Waals surface area (Å²) < 4.78 is 0. The van der Waals surface area contributed by atoms with E-state index in [0.717, 1.165) is 8.58 Å². The molecule has 178 valence electrons. The van der Waals surface area contributed by atoms with Gasteiger partial charge in [-0.3, -0.25) is 0 Å². The summed E-state index contributed by atoms with van der Waals surface area (Å²) in [7, 11) is 0.754. The third kappa shape index (κ3) is 6.45. The van der Waals surface area contributed by atoms with Gasteiger partial charge in [0.25, 0.3) is 0 Å². The number of hydrogen-bond acceptors (Lipinski definition) is 0. The smallest absolute Gasteiger partial charge is 1.00 e. The van der Waals surface area contributed by atoms with Crippen molar-refractivity contribution >= 4 is 40.7 Å². The van der Waals surface area contributed by atoms with Crippen LogP contribution in [0.4, 0.5) is 0 Å². The fraction of sp³-hybridized carbons (Fsp3) is 0.0625. The van der Waals surface area contributed by atoms with E-state index in [1.165, 1.54) is 54.4 Å². The Morgan fingerprint density at radius 2 is 1.17 bits per heavy atom. The summed E-state index contributed by atoms with van der Waals surface area (Å²) in [6, 6.07) is 43.2. The molecular weight excluding hydrogens is 501 g/mol. The molecule has 0 saturated carbocycles. The maximum absolute atomic E-state index is 2.29. The van der Waals surface area contributed by atoms with Gasteiger partial charge in [0.2, 0.25) is 0 Å². The monoisotopic (exact) mass is 528 g/mol. The van der Waals surface area contributed by atoms with Crippen LogP contribution in [0, 0.1) is 13.8 Å². The molecule has 0 heterocycles. The summed E-state index contributed by atoms with van der Waals surface area (Å²) in [5, 5.41) is 8.36. The van der Waals surface area contributed by atoms with Crippen LogP contribution in [0.5, 0.6) is 0 Å². The van der Waals surface area contributed by atoms with Gasteiger partial charge in [-0.05, 0) is 10.9 Å². The minimum atomic E-state index is 0. The zero-order valence-electron chi connectivity index (χ0n) is 20.3.